The van der Waals surface area contributed by atoms with Gasteiger partial charge in [-0.2, -0.15) is 11.8 Å². The van der Waals surface area contributed by atoms with Gasteiger partial charge < -0.3 is 10.6 Å². The van der Waals surface area contributed by atoms with Gasteiger partial charge >= 0.3 is 0 Å². The summed E-state index contributed by atoms with van der Waals surface area (Å²) in [6.45, 7) is 6.68. The molecule has 0 amide bonds. The van der Waals surface area contributed by atoms with Crippen LogP contribution in [0.5, 0.6) is 0 Å². The van der Waals surface area contributed by atoms with E-state index in [-0.39, 0.29) is 11.0 Å². The molecular weight excluding hydrogens is 252 g/mol. The molecule has 1 aromatic carbocycles. The molecule has 3 heteroatoms. The van der Waals surface area contributed by atoms with Gasteiger partial charge in [-0.25, -0.2) is 0 Å². The van der Waals surface area contributed by atoms with E-state index in [4.69, 9.17) is 5.73 Å². The SMILES string of the molecule is CC1(C)CCSCC1(CN)N1CCc2ccccc21. The Balaban J connectivity index is 2.04. The average molecular weight is 276 g/mol. The lowest BCUT2D eigenvalue weighted by Gasteiger charge is -2.55. The minimum absolute atomic E-state index is 0.114. The first-order valence-electron chi connectivity index (χ1n) is 7.24. The number of benzene rings is 1. The van der Waals surface area contributed by atoms with E-state index in [0.29, 0.717) is 0 Å². The second kappa shape index (κ2) is 4.71. The summed E-state index contributed by atoms with van der Waals surface area (Å²) in [6, 6.07) is 8.85. The number of nitrogens with zero attached hydrogens (tertiary/aromatic N) is 1. The van der Waals surface area contributed by atoms with Crippen LogP contribution in [-0.4, -0.2) is 30.1 Å². The Bertz CT molecular complexity index is 472. The van der Waals surface area contributed by atoms with E-state index in [1.165, 1.54) is 29.8 Å². The molecule has 0 aliphatic carbocycles. The first-order valence-corrected chi connectivity index (χ1v) is 8.40. The maximum absolute atomic E-state index is 6.30. The highest BCUT2D eigenvalue weighted by molar-refractivity contribution is 7.99. The van der Waals surface area contributed by atoms with Gasteiger partial charge in [-0.3, -0.25) is 0 Å². The van der Waals surface area contributed by atoms with Gasteiger partial charge in [0.05, 0.1) is 5.54 Å². The Labute approximate surface area is 120 Å². The third-order valence-corrected chi connectivity index (χ3v) is 6.39. The van der Waals surface area contributed by atoms with Gasteiger partial charge in [0, 0.05) is 24.5 Å². The highest BCUT2D eigenvalue weighted by Gasteiger charge is 2.51. The number of thioether (sulfide) groups is 1. The third-order valence-electron chi connectivity index (χ3n) is 5.21. The zero-order valence-electron chi connectivity index (χ0n) is 12.0. The zero-order chi connectivity index (χ0) is 13.5. The van der Waals surface area contributed by atoms with Gasteiger partial charge in [-0.15, -0.1) is 0 Å². The topological polar surface area (TPSA) is 29.3 Å². The Morgan fingerprint density at radius 1 is 1.32 bits per heavy atom. The van der Waals surface area contributed by atoms with Crippen molar-refractivity contribution in [1.82, 2.24) is 0 Å². The van der Waals surface area contributed by atoms with Crippen LogP contribution in [0.4, 0.5) is 5.69 Å². The van der Waals surface area contributed by atoms with Crippen molar-refractivity contribution < 1.29 is 0 Å². The molecule has 2 heterocycles. The summed E-state index contributed by atoms with van der Waals surface area (Å²) in [5.41, 5.74) is 9.60. The first-order chi connectivity index (χ1) is 9.11. The highest BCUT2D eigenvalue weighted by Crippen LogP contribution is 2.49. The molecule has 0 spiro atoms. The fraction of sp³-hybridized carbons (Fsp3) is 0.625. The van der Waals surface area contributed by atoms with Crippen molar-refractivity contribution in [2.24, 2.45) is 11.1 Å². The van der Waals surface area contributed by atoms with E-state index in [9.17, 15) is 0 Å². The van der Waals surface area contributed by atoms with Crippen molar-refractivity contribution in [1.29, 1.82) is 0 Å². The lowest BCUT2D eigenvalue weighted by molar-refractivity contribution is 0.171. The Morgan fingerprint density at radius 3 is 2.84 bits per heavy atom. The number of hydrogen-bond acceptors (Lipinski definition) is 3. The third kappa shape index (κ3) is 1.90. The standard InChI is InChI=1S/C16H24N2S/c1-15(2)8-10-19-12-16(15,11-17)18-9-7-13-5-3-4-6-14(13)18/h3-6H,7-12,17H2,1-2H3. The van der Waals surface area contributed by atoms with Crippen molar-refractivity contribution in [2.75, 3.05) is 29.5 Å². The molecule has 19 heavy (non-hydrogen) atoms. The molecule has 1 atom stereocenters. The van der Waals surface area contributed by atoms with E-state index >= 15 is 0 Å². The predicted molar refractivity (Wildman–Crippen MR) is 85.0 cm³/mol. The fourth-order valence-electron chi connectivity index (χ4n) is 3.67. The van der Waals surface area contributed by atoms with E-state index in [1.54, 1.807) is 0 Å². The molecule has 2 aliphatic rings. The highest BCUT2D eigenvalue weighted by atomic mass is 32.2. The number of anilines is 1. The number of hydrogen-bond donors (Lipinski definition) is 1. The van der Waals surface area contributed by atoms with Crippen LogP contribution in [0, 0.1) is 5.41 Å². The monoisotopic (exact) mass is 276 g/mol. The summed E-state index contributed by atoms with van der Waals surface area (Å²) in [4.78, 5) is 2.62. The molecule has 2 aliphatic heterocycles. The summed E-state index contributed by atoms with van der Waals surface area (Å²) < 4.78 is 0. The molecule has 0 radical (unpaired) electrons. The molecule has 2 N–H and O–H groups in total. The van der Waals surface area contributed by atoms with Crippen LogP contribution >= 0.6 is 11.8 Å². The average Bonchev–Trinajstić information content (AvgIpc) is 2.83. The lowest BCUT2D eigenvalue weighted by atomic mass is 9.69. The van der Waals surface area contributed by atoms with E-state index in [1.807, 2.05) is 0 Å². The second-order valence-electron chi connectivity index (χ2n) is 6.45. The molecule has 104 valence electrons. The molecule has 2 nitrogen and oxygen atoms in total. The quantitative estimate of drug-likeness (QED) is 0.900. The minimum atomic E-state index is 0.114. The summed E-state index contributed by atoms with van der Waals surface area (Å²) >= 11 is 2.07. The first kappa shape index (κ1) is 13.3. The van der Waals surface area contributed by atoms with Crippen LogP contribution in [0.2, 0.25) is 0 Å². The van der Waals surface area contributed by atoms with E-state index in [2.05, 4.69) is 54.8 Å². The van der Waals surface area contributed by atoms with Gasteiger partial charge in [-0.1, -0.05) is 32.0 Å². The smallest absolute Gasteiger partial charge is 0.0665 e. The van der Waals surface area contributed by atoms with Crippen molar-refractivity contribution in [3.8, 4) is 0 Å². The van der Waals surface area contributed by atoms with Crippen LogP contribution in [0.1, 0.15) is 25.8 Å². The van der Waals surface area contributed by atoms with Crippen LogP contribution in [0.3, 0.4) is 0 Å². The van der Waals surface area contributed by atoms with Crippen LogP contribution < -0.4 is 10.6 Å². The van der Waals surface area contributed by atoms with Gasteiger partial charge in [0.2, 0.25) is 0 Å². The summed E-state index contributed by atoms with van der Waals surface area (Å²) in [7, 11) is 0. The molecule has 1 aromatic rings. The van der Waals surface area contributed by atoms with Crippen molar-refractivity contribution >= 4 is 17.4 Å². The van der Waals surface area contributed by atoms with Crippen molar-refractivity contribution in [2.45, 2.75) is 32.2 Å². The molecule has 0 bridgehead atoms. The van der Waals surface area contributed by atoms with E-state index < -0.39 is 0 Å². The van der Waals surface area contributed by atoms with Crippen LogP contribution in [0.25, 0.3) is 0 Å². The normalized spacial score (nSPS) is 29.3. The second-order valence-corrected chi connectivity index (χ2v) is 7.56. The maximum atomic E-state index is 6.30. The zero-order valence-corrected chi connectivity index (χ0v) is 12.8. The molecular formula is C16H24N2S. The summed E-state index contributed by atoms with van der Waals surface area (Å²) in [5, 5.41) is 0. The van der Waals surface area contributed by atoms with Crippen molar-refractivity contribution in [3.05, 3.63) is 29.8 Å². The molecule has 0 aromatic heterocycles. The molecule has 1 fully saturated rings. The van der Waals surface area contributed by atoms with Gasteiger partial charge in [0.15, 0.2) is 0 Å². The van der Waals surface area contributed by atoms with Gasteiger partial charge in [-0.05, 0) is 35.6 Å². The molecule has 3 rings (SSSR count). The maximum Gasteiger partial charge on any atom is 0.0665 e. The molecule has 1 saturated heterocycles. The summed E-state index contributed by atoms with van der Waals surface area (Å²) in [5.74, 6) is 2.43. The van der Waals surface area contributed by atoms with Gasteiger partial charge in [0.1, 0.15) is 0 Å². The Morgan fingerprint density at radius 2 is 2.11 bits per heavy atom. The number of para-hydroxylation sites is 1. The van der Waals surface area contributed by atoms with Crippen LogP contribution in [0.15, 0.2) is 24.3 Å². The van der Waals surface area contributed by atoms with E-state index in [0.717, 1.165) is 18.8 Å². The van der Waals surface area contributed by atoms with Gasteiger partial charge in [0.25, 0.3) is 0 Å². The van der Waals surface area contributed by atoms with Crippen molar-refractivity contribution in [3.63, 3.8) is 0 Å². The number of nitrogens with two attached hydrogens (primary N) is 1. The van der Waals surface area contributed by atoms with Crippen LogP contribution in [-0.2, 0) is 6.42 Å². The Hall–Kier alpha value is -0.670. The molecule has 0 saturated carbocycles. The fourth-order valence-corrected chi connectivity index (χ4v) is 5.47. The number of rotatable bonds is 2. The Kier molecular flexibility index (Phi) is 3.30. The minimum Gasteiger partial charge on any atom is -0.363 e. The lowest BCUT2D eigenvalue weighted by Crippen LogP contribution is -2.65. The predicted octanol–water partition coefficient (Wildman–Crippen LogP) is 2.91. The molecule has 1 unspecified atom stereocenters. The largest absolute Gasteiger partial charge is 0.363 e. The summed E-state index contributed by atoms with van der Waals surface area (Å²) in [6.07, 6.45) is 2.42. The number of fused-ring (bicyclic) bond motifs is 1.